The fourth-order valence-electron chi connectivity index (χ4n) is 4.25. The van der Waals surface area contributed by atoms with Gasteiger partial charge in [0.25, 0.3) is 5.91 Å². The van der Waals surface area contributed by atoms with Gasteiger partial charge in [-0.3, -0.25) is 9.59 Å². The largest absolute Gasteiger partial charge is 0.481 e. The Balaban J connectivity index is 1.25. The van der Waals surface area contributed by atoms with Crippen LogP contribution in [0.3, 0.4) is 0 Å². The number of fused-ring (bicyclic) bond motifs is 3. The summed E-state index contributed by atoms with van der Waals surface area (Å²) in [6.07, 6.45) is 2.56. The fraction of sp³-hybridized carbons (Fsp3) is 0.308. The number of oxazole rings is 1. The molecule has 0 spiro atoms. The molecular formula is C26H27N3O6. The fourth-order valence-corrected chi connectivity index (χ4v) is 4.25. The van der Waals surface area contributed by atoms with Gasteiger partial charge in [0.1, 0.15) is 6.61 Å². The van der Waals surface area contributed by atoms with E-state index >= 15 is 0 Å². The number of carbonyl (C=O) groups excluding carboxylic acids is 2. The van der Waals surface area contributed by atoms with Gasteiger partial charge in [0.15, 0.2) is 17.8 Å². The van der Waals surface area contributed by atoms with Crippen molar-refractivity contribution >= 4 is 18.0 Å². The Labute approximate surface area is 202 Å². The zero-order chi connectivity index (χ0) is 24.6. The topological polar surface area (TPSA) is 131 Å². The molecule has 1 heterocycles. The van der Waals surface area contributed by atoms with E-state index in [1.54, 1.807) is 0 Å². The molecule has 0 bridgehead atoms. The maximum atomic E-state index is 12.4. The van der Waals surface area contributed by atoms with Gasteiger partial charge >= 0.3 is 12.1 Å². The van der Waals surface area contributed by atoms with Crippen LogP contribution >= 0.6 is 0 Å². The summed E-state index contributed by atoms with van der Waals surface area (Å²) in [5.41, 5.74) is 4.64. The van der Waals surface area contributed by atoms with Crippen molar-refractivity contribution in [3.63, 3.8) is 0 Å². The highest BCUT2D eigenvalue weighted by Gasteiger charge is 2.29. The van der Waals surface area contributed by atoms with Crippen molar-refractivity contribution < 1.29 is 28.6 Å². The molecule has 182 valence electrons. The maximum Gasteiger partial charge on any atom is 0.407 e. The Kier molecular flexibility index (Phi) is 7.77. The molecule has 9 heteroatoms. The van der Waals surface area contributed by atoms with E-state index in [1.807, 2.05) is 36.4 Å². The molecule has 35 heavy (non-hydrogen) atoms. The first-order valence-electron chi connectivity index (χ1n) is 11.6. The predicted molar refractivity (Wildman–Crippen MR) is 127 cm³/mol. The first-order valence-corrected chi connectivity index (χ1v) is 11.6. The molecule has 1 aromatic heterocycles. The summed E-state index contributed by atoms with van der Waals surface area (Å²) < 4.78 is 10.8. The van der Waals surface area contributed by atoms with Gasteiger partial charge in [-0.25, -0.2) is 9.78 Å². The molecule has 0 saturated carbocycles. The lowest BCUT2D eigenvalue weighted by Crippen LogP contribution is -2.29. The number of benzene rings is 2. The normalized spacial score (nSPS) is 12.0. The number of rotatable bonds is 11. The maximum absolute atomic E-state index is 12.4. The molecule has 0 saturated heterocycles. The van der Waals surface area contributed by atoms with Crippen molar-refractivity contribution in [2.45, 2.75) is 38.1 Å². The van der Waals surface area contributed by atoms with Crippen LogP contribution in [0.2, 0.25) is 0 Å². The van der Waals surface area contributed by atoms with Gasteiger partial charge in [-0.05, 0) is 35.1 Å². The minimum absolute atomic E-state index is 0.0436. The average molecular weight is 478 g/mol. The number of nitrogens with zero attached hydrogens (tertiary/aromatic N) is 1. The minimum Gasteiger partial charge on any atom is -0.481 e. The third-order valence-electron chi connectivity index (χ3n) is 5.95. The van der Waals surface area contributed by atoms with Crippen LogP contribution in [0.4, 0.5) is 4.79 Å². The highest BCUT2D eigenvalue weighted by Crippen LogP contribution is 2.44. The van der Waals surface area contributed by atoms with E-state index in [0.29, 0.717) is 25.8 Å². The predicted octanol–water partition coefficient (Wildman–Crippen LogP) is 4.09. The number of hydrogen-bond acceptors (Lipinski definition) is 6. The molecule has 9 nitrogen and oxygen atoms in total. The molecule has 4 rings (SSSR count). The van der Waals surface area contributed by atoms with E-state index in [1.165, 1.54) is 0 Å². The van der Waals surface area contributed by atoms with E-state index in [4.69, 9.17) is 14.3 Å². The molecule has 2 aromatic carbocycles. The Morgan fingerprint density at radius 2 is 1.63 bits per heavy atom. The molecule has 3 N–H and O–H groups in total. The Morgan fingerprint density at radius 3 is 2.31 bits per heavy atom. The monoisotopic (exact) mass is 477 g/mol. The number of aliphatic carboxylic acids is 1. The minimum atomic E-state index is -0.829. The molecule has 0 unspecified atom stereocenters. The van der Waals surface area contributed by atoms with Crippen molar-refractivity contribution in [3.8, 4) is 11.1 Å². The third kappa shape index (κ3) is 5.87. The highest BCUT2D eigenvalue weighted by atomic mass is 16.5. The Bertz CT molecular complexity index is 1160. The second-order valence-corrected chi connectivity index (χ2v) is 8.26. The van der Waals surface area contributed by atoms with Gasteiger partial charge in [-0.15, -0.1) is 0 Å². The summed E-state index contributed by atoms with van der Waals surface area (Å²) in [5, 5.41) is 14.0. The molecule has 0 fully saturated rings. The van der Waals surface area contributed by atoms with Crippen molar-refractivity contribution in [1.82, 2.24) is 15.6 Å². The highest BCUT2D eigenvalue weighted by molar-refractivity contribution is 5.93. The molecule has 0 atom stereocenters. The van der Waals surface area contributed by atoms with Crippen molar-refractivity contribution in [3.05, 3.63) is 77.5 Å². The number of aromatic nitrogens is 1. The number of amides is 2. The number of nitrogens with one attached hydrogen (secondary N) is 2. The number of carbonyl (C=O) groups is 3. The SMILES string of the molecule is O=C(O)CCCCCNC(=O)c1ncoc1CNC(=O)OCC1c2ccccc2-c2ccccc21. The second kappa shape index (κ2) is 11.3. The standard InChI is InChI=1S/C26H27N3O6/c30-23(31)12-2-1-7-13-27-25(32)24-22(35-16-29-24)14-28-26(33)34-15-21-19-10-5-3-8-17(19)18-9-4-6-11-20(18)21/h3-6,8-11,16,21H,1-2,7,12-15H2,(H,27,32)(H,28,33)(H,30,31). The van der Waals surface area contributed by atoms with E-state index in [0.717, 1.165) is 28.6 Å². The molecule has 3 aromatic rings. The van der Waals surface area contributed by atoms with Crippen LogP contribution in [0.5, 0.6) is 0 Å². The van der Waals surface area contributed by atoms with Crippen LogP contribution in [0, 0.1) is 0 Å². The lowest BCUT2D eigenvalue weighted by Gasteiger charge is -2.14. The molecular weight excluding hydrogens is 450 g/mol. The number of unbranched alkanes of at least 4 members (excludes halogenated alkanes) is 2. The molecule has 0 aliphatic heterocycles. The first-order chi connectivity index (χ1) is 17.0. The van der Waals surface area contributed by atoms with Crippen LogP contribution in [0.1, 0.15) is 59.0 Å². The number of carboxylic acids is 1. The number of ether oxygens (including phenoxy) is 1. The van der Waals surface area contributed by atoms with Gasteiger partial charge in [-0.1, -0.05) is 55.0 Å². The molecule has 2 amide bonds. The van der Waals surface area contributed by atoms with E-state index < -0.39 is 18.0 Å². The summed E-state index contributed by atoms with van der Waals surface area (Å²) in [5.74, 6) is -1.07. The van der Waals surface area contributed by atoms with Crippen LogP contribution in [-0.2, 0) is 16.1 Å². The lowest BCUT2D eigenvalue weighted by atomic mass is 9.98. The summed E-state index contributed by atoms with van der Waals surface area (Å²) >= 11 is 0. The van der Waals surface area contributed by atoms with E-state index in [-0.39, 0.29) is 36.9 Å². The van der Waals surface area contributed by atoms with Crippen LogP contribution in [0.15, 0.2) is 59.3 Å². The van der Waals surface area contributed by atoms with E-state index in [9.17, 15) is 14.4 Å². The summed E-state index contributed by atoms with van der Waals surface area (Å²) in [7, 11) is 0. The lowest BCUT2D eigenvalue weighted by molar-refractivity contribution is -0.137. The average Bonchev–Trinajstić information content (AvgIpc) is 3.46. The zero-order valence-electron chi connectivity index (χ0n) is 19.2. The van der Waals surface area contributed by atoms with Gasteiger partial charge in [0.05, 0.1) is 6.54 Å². The summed E-state index contributed by atoms with van der Waals surface area (Å²) in [6.45, 7) is 0.536. The zero-order valence-corrected chi connectivity index (χ0v) is 19.2. The van der Waals surface area contributed by atoms with Crippen LogP contribution in [-0.4, -0.2) is 41.2 Å². The Hall–Kier alpha value is -4.14. The van der Waals surface area contributed by atoms with Gasteiger partial charge in [0.2, 0.25) is 0 Å². The first kappa shape index (κ1) is 24.0. The quantitative estimate of drug-likeness (QED) is 0.355. The van der Waals surface area contributed by atoms with Crippen molar-refractivity contribution in [1.29, 1.82) is 0 Å². The van der Waals surface area contributed by atoms with Crippen LogP contribution in [0.25, 0.3) is 11.1 Å². The van der Waals surface area contributed by atoms with Crippen LogP contribution < -0.4 is 10.6 Å². The van der Waals surface area contributed by atoms with Gasteiger partial charge < -0.3 is 24.9 Å². The van der Waals surface area contributed by atoms with Gasteiger partial charge in [0, 0.05) is 18.9 Å². The van der Waals surface area contributed by atoms with Crippen molar-refractivity contribution in [2.24, 2.45) is 0 Å². The molecule has 1 aliphatic carbocycles. The Morgan fingerprint density at radius 1 is 0.943 bits per heavy atom. The number of hydrogen-bond donors (Lipinski definition) is 3. The third-order valence-corrected chi connectivity index (χ3v) is 5.95. The molecule has 1 aliphatic rings. The number of alkyl carbamates (subject to hydrolysis) is 1. The van der Waals surface area contributed by atoms with E-state index in [2.05, 4.69) is 27.8 Å². The number of carboxylic acid groups (broad SMARTS) is 1. The summed E-state index contributed by atoms with van der Waals surface area (Å²) in [6, 6.07) is 16.2. The van der Waals surface area contributed by atoms with Crippen molar-refractivity contribution in [2.75, 3.05) is 13.2 Å². The smallest absolute Gasteiger partial charge is 0.407 e. The molecule has 0 radical (unpaired) electrons. The van der Waals surface area contributed by atoms with Gasteiger partial charge in [-0.2, -0.15) is 0 Å². The summed E-state index contributed by atoms with van der Waals surface area (Å²) in [4.78, 5) is 39.2. The second-order valence-electron chi connectivity index (χ2n) is 8.26.